The second-order valence-electron chi connectivity index (χ2n) is 10.3. The van der Waals surface area contributed by atoms with Crippen LogP contribution in [0.1, 0.15) is 58.8 Å². The summed E-state index contributed by atoms with van der Waals surface area (Å²) in [6, 6.07) is 10.2. The highest BCUT2D eigenvalue weighted by Crippen LogP contribution is 2.59. The minimum absolute atomic E-state index is 0.335. The maximum Gasteiger partial charge on any atom is 0.119 e. The topological polar surface area (TPSA) is 49.7 Å². The fraction of sp³-hybridized carbons (Fsp3) is 0.571. The van der Waals surface area contributed by atoms with Crippen LogP contribution >= 0.6 is 0 Å². The number of hydrogen-bond acceptors (Lipinski definition) is 3. The summed E-state index contributed by atoms with van der Waals surface area (Å²) in [7, 11) is 0. The summed E-state index contributed by atoms with van der Waals surface area (Å²) in [5.41, 5.74) is 3.59. The first-order valence-corrected chi connectivity index (χ1v) is 12.0. The summed E-state index contributed by atoms with van der Waals surface area (Å²) in [5, 5.41) is 20.3. The van der Waals surface area contributed by atoms with E-state index in [1.54, 1.807) is 5.57 Å². The Morgan fingerprint density at radius 1 is 1.13 bits per heavy atom. The Morgan fingerprint density at radius 2 is 1.84 bits per heavy atom. The molecular formula is C28H38O3. The van der Waals surface area contributed by atoms with Crippen molar-refractivity contribution in [2.75, 3.05) is 6.61 Å². The van der Waals surface area contributed by atoms with E-state index in [4.69, 9.17) is 4.74 Å². The van der Waals surface area contributed by atoms with Gasteiger partial charge in [0.1, 0.15) is 5.75 Å². The molecule has 6 atom stereocenters. The number of aliphatic hydroxyl groups is 2. The zero-order chi connectivity index (χ0) is 22.0. The van der Waals surface area contributed by atoms with Crippen molar-refractivity contribution in [1.82, 2.24) is 0 Å². The Morgan fingerprint density at radius 3 is 2.55 bits per heavy atom. The van der Waals surface area contributed by atoms with E-state index < -0.39 is 12.2 Å². The Balaban J connectivity index is 1.44. The second-order valence-corrected chi connectivity index (χ2v) is 10.3. The van der Waals surface area contributed by atoms with Crippen LogP contribution in [-0.4, -0.2) is 29.0 Å². The third-order valence-corrected chi connectivity index (χ3v) is 8.28. The first-order chi connectivity index (χ1) is 14.9. The van der Waals surface area contributed by atoms with Gasteiger partial charge in [-0.25, -0.2) is 0 Å². The van der Waals surface area contributed by atoms with Crippen molar-refractivity contribution >= 4 is 0 Å². The van der Waals surface area contributed by atoms with Gasteiger partial charge in [0.05, 0.1) is 18.8 Å². The predicted octanol–water partition coefficient (Wildman–Crippen LogP) is 5.84. The molecule has 2 N–H and O–H groups in total. The number of hydrogen-bond donors (Lipinski definition) is 2. The molecule has 0 spiro atoms. The van der Waals surface area contributed by atoms with Crippen molar-refractivity contribution < 1.29 is 14.9 Å². The summed E-state index contributed by atoms with van der Waals surface area (Å²) >= 11 is 0. The normalized spacial score (nSPS) is 35.7. The molecule has 3 unspecified atom stereocenters. The van der Waals surface area contributed by atoms with E-state index in [9.17, 15) is 10.2 Å². The fourth-order valence-electron chi connectivity index (χ4n) is 6.50. The van der Waals surface area contributed by atoms with Gasteiger partial charge < -0.3 is 14.9 Å². The minimum atomic E-state index is -0.619. The van der Waals surface area contributed by atoms with Crippen LogP contribution in [0.2, 0.25) is 0 Å². The van der Waals surface area contributed by atoms with Gasteiger partial charge in [-0.15, -0.1) is 0 Å². The molecule has 3 saturated carbocycles. The number of ether oxygens (including phenoxy) is 1. The molecule has 4 rings (SSSR count). The van der Waals surface area contributed by atoms with Gasteiger partial charge in [0, 0.05) is 0 Å². The van der Waals surface area contributed by atoms with Crippen molar-refractivity contribution in [2.45, 2.75) is 71.0 Å². The molecule has 3 fully saturated rings. The van der Waals surface area contributed by atoms with E-state index in [2.05, 4.69) is 32.6 Å². The van der Waals surface area contributed by atoms with Crippen molar-refractivity contribution in [2.24, 2.45) is 23.2 Å². The highest BCUT2D eigenvalue weighted by Gasteiger charge is 2.50. The molecule has 0 radical (unpaired) electrons. The van der Waals surface area contributed by atoms with Gasteiger partial charge in [-0.3, -0.25) is 0 Å². The summed E-state index contributed by atoms with van der Waals surface area (Å²) in [6.07, 6.45) is 10.7. The smallest absolute Gasteiger partial charge is 0.119 e. The third kappa shape index (κ3) is 4.68. The molecule has 0 saturated heterocycles. The van der Waals surface area contributed by atoms with Gasteiger partial charge >= 0.3 is 0 Å². The van der Waals surface area contributed by atoms with Gasteiger partial charge in [-0.05, 0) is 85.8 Å². The third-order valence-electron chi connectivity index (χ3n) is 8.28. The molecule has 0 heterocycles. The Kier molecular flexibility index (Phi) is 6.74. The van der Waals surface area contributed by atoms with E-state index in [1.165, 1.54) is 32.1 Å². The van der Waals surface area contributed by atoms with E-state index in [-0.39, 0.29) is 0 Å². The van der Waals surface area contributed by atoms with Gasteiger partial charge in [-0.1, -0.05) is 61.9 Å². The van der Waals surface area contributed by atoms with E-state index in [1.807, 2.05) is 30.3 Å². The van der Waals surface area contributed by atoms with Gasteiger partial charge in [-0.2, -0.15) is 0 Å². The number of para-hydroxylation sites is 1. The molecule has 168 valence electrons. The number of fused-ring (bicyclic) bond motifs is 1. The lowest BCUT2D eigenvalue weighted by Gasteiger charge is -2.44. The molecule has 0 bridgehead atoms. The summed E-state index contributed by atoms with van der Waals surface area (Å²) < 4.78 is 6.11. The van der Waals surface area contributed by atoms with Crippen molar-refractivity contribution in [1.29, 1.82) is 0 Å². The Bertz CT molecular complexity index is 823. The first kappa shape index (κ1) is 22.4. The Labute approximate surface area is 187 Å². The van der Waals surface area contributed by atoms with Crippen LogP contribution in [0.3, 0.4) is 0 Å². The summed E-state index contributed by atoms with van der Waals surface area (Å²) in [4.78, 5) is 0. The molecular weight excluding hydrogens is 384 g/mol. The minimum Gasteiger partial charge on any atom is -0.493 e. The van der Waals surface area contributed by atoms with Crippen molar-refractivity contribution in [3.8, 4) is 5.75 Å². The van der Waals surface area contributed by atoms with E-state index >= 15 is 0 Å². The van der Waals surface area contributed by atoms with E-state index in [0.717, 1.165) is 17.9 Å². The maximum atomic E-state index is 10.1. The molecule has 0 aliphatic heterocycles. The van der Waals surface area contributed by atoms with Crippen LogP contribution in [-0.2, 0) is 0 Å². The lowest BCUT2D eigenvalue weighted by Crippen LogP contribution is -2.37. The number of aliphatic hydroxyl groups excluding tert-OH is 2. The number of allylic oxidation sites excluding steroid dienone is 3. The maximum absolute atomic E-state index is 10.1. The average molecular weight is 423 g/mol. The second kappa shape index (κ2) is 9.34. The first-order valence-electron chi connectivity index (χ1n) is 12.0. The fourth-order valence-corrected chi connectivity index (χ4v) is 6.50. The van der Waals surface area contributed by atoms with Crippen LogP contribution in [0, 0.1) is 23.2 Å². The molecule has 0 aromatic heterocycles. The monoisotopic (exact) mass is 422 g/mol. The van der Waals surface area contributed by atoms with Gasteiger partial charge in [0.15, 0.2) is 0 Å². The SMILES string of the molecule is C=C1[C@H](O)CC(=C/C=C2\CCCC3(C)C2CCC3[C@H](C)COc2ccccc2)C[C@H]1O. The highest BCUT2D eigenvalue weighted by atomic mass is 16.5. The number of rotatable bonds is 5. The molecule has 3 heteroatoms. The van der Waals surface area contributed by atoms with Crippen LogP contribution in [0.25, 0.3) is 0 Å². The molecule has 1 aromatic rings. The number of benzene rings is 1. The van der Waals surface area contributed by atoms with Crippen LogP contribution in [0.5, 0.6) is 5.75 Å². The van der Waals surface area contributed by atoms with Crippen LogP contribution < -0.4 is 4.74 Å². The molecule has 1 aromatic carbocycles. The van der Waals surface area contributed by atoms with E-state index in [0.29, 0.717) is 41.6 Å². The molecule has 3 nitrogen and oxygen atoms in total. The zero-order valence-corrected chi connectivity index (χ0v) is 19.1. The van der Waals surface area contributed by atoms with Crippen LogP contribution in [0.15, 0.2) is 65.8 Å². The van der Waals surface area contributed by atoms with Crippen molar-refractivity contribution in [3.05, 3.63) is 65.8 Å². The Hall–Kier alpha value is -1.84. The molecule has 3 aliphatic rings. The lowest BCUT2D eigenvalue weighted by molar-refractivity contribution is 0.0747. The highest BCUT2D eigenvalue weighted by molar-refractivity contribution is 5.29. The summed E-state index contributed by atoms with van der Waals surface area (Å²) in [5.74, 6) is 2.81. The lowest BCUT2D eigenvalue weighted by atomic mass is 9.61. The predicted molar refractivity (Wildman–Crippen MR) is 126 cm³/mol. The molecule has 0 amide bonds. The van der Waals surface area contributed by atoms with Gasteiger partial charge in [0.2, 0.25) is 0 Å². The van der Waals surface area contributed by atoms with Crippen LogP contribution in [0.4, 0.5) is 0 Å². The quantitative estimate of drug-likeness (QED) is 0.586. The largest absolute Gasteiger partial charge is 0.493 e. The molecule has 31 heavy (non-hydrogen) atoms. The molecule has 3 aliphatic carbocycles. The van der Waals surface area contributed by atoms with Crippen molar-refractivity contribution in [3.63, 3.8) is 0 Å². The summed E-state index contributed by atoms with van der Waals surface area (Å²) in [6.45, 7) is 9.46. The average Bonchev–Trinajstić information content (AvgIpc) is 3.12. The standard InChI is InChI=1S/C28H38O3/c1-19(18-31-23-9-5-4-6-10-23)24-13-14-25-22(8-7-15-28(24,25)3)12-11-21-16-26(29)20(2)27(30)17-21/h4-6,9-12,19,24-27,29-30H,2,7-8,13-18H2,1,3H3/b22-12+/t19-,24?,25?,26-,27-,28?/m1/s1. The zero-order valence-electron chi connectivity index (χ0n) is 19.1. The van der Waals surface area contributed by atoms with Gasteiger partial charge in [0.25, 0.3) is 0 Å².